The Morgan fingerprint density at radius 1 is 1.73 bits per heavy atom. The molecule has 0 amide bonds. The second-order valence-corrected chi connectivity index (χ2v) is 4.62. The second kappa shape index (κ2) is 4.45. The van der Waals surface area contributed by atoms with Crippen molar-refractivity contribution in [3.63, 3.8) is 0 Å². The number of hydrogen-bond donors (Lipinski definition) is 0. The number of hydrogen-bond acceptors (Lipinski definition) is 3. The summed E-state index contributed by atoms with van der Waals surface area (Å²) in [5.74, 6) is 0.444. The van der Waals surface area contributed by atoms with Gasteiger partial charge >= 0.3 is 0 Å². The first kappa shape index (κ1) is 10.8. The number of rotatable bonds is 2. The van der Waals surface area contributed by atoms with E-state index in [1.165, 1.54) is 0 Å². The molecule has 5 heteroatoms. The lowest BCUT2D eigenvalue weighted by Gasteiger charge is -2.10. The molecule has 0 aromatic carbocycles. The zero-order chi connectivity index (χ0) is 10.8. The van der Waals surface area contributed by atoms with Gasteiger partial charge in [0.15, 0.2) is 0 Å². The molecule has 1 aromatic rings. The molecule has 0 saturated carbocycles. The maximum Gasteiger partial charge on any atom is 0.267 e. The molecule has 15 heavy (non-hydrogen) atoms. The average Bonchev–Trinajstić information content (AvgIpc) is 2.72. The van der Waals surface area contributed by atoms with E-state index in [2.05, 4.69) is 20.9 Å². The van der Waals surface area contributed by atoms with Crippen LogP contribution in [0.5, 0.6) is 0 Å². The molecule has 4 nitrogen and oxygen atoms in total. The summed E-state index contributed by atoms with van der Waals surface area (Å²) in [7, 11) is 0. The van der Waals surface area contributed by atoms with Crippen LogP contribution >= 0.6 is 15.9 Å². The summed E-state index contributed by atoms with van der Waals surface area (Å²) in [6.07, 6.45) is 2.64. The lowest BCUT2D eigenvalue weighted by molar-refractivity contribution is 0.182. The maximum absolute atomic E-state index is 11.8. The predicted octanol–water partition coefficient (Wildman–Crippen LogP) is 1.35. The van der Waals surface area contributed by atoms with Crippen molar-refractivity contribution >= 4 is 15.9 Å². The van der Waals surface area contributed by atoms with Gasteiger partial charge in [0.25, 0.3) is 5.56 Å². The van der Waals surface area contributed by atoms with Gasteiger partial charge in [-0.25, -0.2) is 4.98 Å². The molecule has 0 aliphatic carbocycles. The van der Waals surface area contributed by atoms with Crippen LogP contribution < -0.4 is 5.56 Å². The topological polar surface area (TPSA) is 44.1 Å². The fourth-order valence-corrected chi connectivity index (χ4v) is 2.01. The fraction of sp³-hybridized carbons (Fsp3) is 0.600. The Hall–Kier alpha value is -0.680. The summed E-state index contributed by atoms with van der Waals surface area (Å²) < 4.78 is 7.48. The van der Waals surface area contributed by atoms with Crippen LogP contribution in [0.25, 0.3) is 0 Å². The summed E-state index contributed by atoms with van der Waals surface area (Å²) >= 11 is 3.25. The normalized spacial score (nSPS) is 20.8. The highest BCUT2D eigenvalue weighted by atomic mass is 79.9. The van der Waals surface area contributed by atoms with Crippen LogP contribution in [0.4, 0.5) is 0 Å². The Morgan fingerprint density at radius 3 is 3.20 bits per heavy atom. The van der Waals surface area contributed by atoms with E-state index in [4.69, 9.17) is 4.74 Å². The van der Waals surface area contributed by atoms with Crippen molar-refractivity contribution in [2.24, 2.45) is 5.92 Å². The van der Waals surface area contributed by atoms with Crippen LogP contribution in [0, 0.1) is 12.8 Å². The van der Waals surface area contributed by atoms with Gasteiger partial charge < -0.3 is 4.74 Å². The molecule has 1 aliphatic heterocycles. The molecule has 0 bridgehead atoms. The molecule has 82 valence electrons. The third-order valence-electron chi connectivity index (χ3n) is 2.64. The Labute approximate surface area is 96.4 Å². The van der Waals surface area contributed by atoms with E-state index in [1.54, 1.807) is 10.9 Å². The number of nitrogens with zero attached hydrogens (tertiary/aromatic N) is 2. The van der Waals surface area contributed by atoms with Crippen molar-refractivity contribution in [2.45, 2.75) is 19.9 Å². The molecule has 0 N–H and O–H groups in total. The van der Waals surface area contributed by atoms with Gasteiger partial charge in [-0.05, 0) is 29.3 Å². The number of aryl methyl sites for hydroxylation is 1. The molecular weight excluding hydrogens is 260 g/mol. The molecule has 0 spiro atoms. The highest BCUT2D eigenvalue weighted by Crippen LogP contribution is 2.14. The molecule has 1 aliphatic rings. The molecule has 2 rings (SSSR count). The third-order valence-corrected chi connectivity index (χ3v) is 3.55. The zero-order valence-corrected chi connectivity index (χ0v) is 10.2. The third kappa shape index (κ3) is 2.29. The molecule has 1 unspecified atom stereocenters. The van der Waals surface area contributed by atoms with Crippen LogP contribution in [0.1, 0.15) is 12.1 Å². The van der Waals surface area contributed by atoms with E-state index >= 15 is 0 Å². The minimum atomic E-state index is -0.00519. The summed E-state index contributed by atoms with van der Waals surface area (Å²) in [5.41, 5.74) is 0.730. The van der Waals surface area contributed by atoms with Crippen molar-refractivity contribution in [3.05, 3.63) is 26.8 Å². The van der Waals surface area contributed by atoms with Gasteiger partial charge in [0.1, 0.15) is 4.47 Å². The van der Waals surface area contributed by atoms with Gasteiger partial charge in [-0.3, -0.25) is 9.36 Å². The van der Waals surface area contributed by atoms with Crippen molar-refractivity contribution in [3.8, 4) is 0 Å². The van der Waals surface area contributed by atoms with Crippen LogP contribution in [-0.2, 0) is 11.3 Å². The van der Waals surface area contributed by atoms with Crippen molar-refractivity contribution in [1.29, 1.82) is 0 Å². The van der Waals surface area contributed by atoms with Crippen LogP contribution in [0.15, 0.2) is 15.6 Å². The van der Waals surface area contributed by atoms with E-state index in [-0.39, 0.29) is 5.56 Å². The fourth-order valence-electron chi connectivity index (χ4n) is 1.68. The Morgan fingerprint density at radius 2 is 2.53 bits per heavy atom. The van der Waals surface area contributed by atoms with Crippen LogP contribution in [0.2, 0.25) is 0 Å². The van der Waals surface area contributed by atoms with Gasteiger partial charge in [0.05, 0.1) is 18.6 Å². The Kier molecular flexibility index (Phi) is 3.21. The van der Waals surface area contributed by atoms with Gasteiger partial charge in [-0.15, -0.1) is 0 Å². The summed E-state index contributed by atoms with van der Waals surface area (Å²) in [5, 5.41) is 0. The SMILES string of the molecule is Cc1ncn(CC2CCOC2)c(=O)c1Br. The van der Waals surface area contributed by atoms with Crippen LogP contribution in [-0.4, -0.2) is 22.8 Å². The maximum atomic E-state index is 11.8. The lowest BCUT2D eigenvalue weighted by atomic mass is 10.1. The van der Waals surface area contributed by atoms with E-state index in [9.17, 15) is 4.79 Å². The monoisotopic (exact) mass is 272 g/mol. The number of aromatic nitrogens is 2. The molecule has 1 aromatic heterocycles. The van der Waals surface area contributed by atoms with Crippen molar-refractivity contribution in [2.75, 3.05) is 13.2 Å². The Balaban J connectivity index is 2.21. The minimum absolute atomic E-state index is 0.00519. The number of ether oxygens (including phenoxy) is 1. The van der Waals surface area contributed by atoms with Gasteiger partial charge in [-0.2, -0.15) is 0 Å². The average molecular weight is 273 g/mol. The molecule has 1 saturated heterocycles. The predicted molar refractivity (Wildman–Crippen MR) is 59.9 cm³/mol. The van der Waals surface area contributed by atoms with Crippen molar-refractivity contribution < 1.29 is 4.74 Å². The molecule has 1 fully saturated rings. The first-order valence-electron chi connectivity index (χ1n) is 4.98. The first-order chi connectivity index (χ1) is 7.18. The summed E-state index contributed by atoms with van der Waals surface area (Å²) in [6, 6.07) is 0. The summed E-state index contributed by atoms with van der Waals surface area (Å²) in [4.78, 5) is 16.0. The zero-order valence-electron chi connectivity index (χ0n) is 8.57. The van der Waals surface area contributed by atoms with Gasteiger partial charge in [0.2, 0.25) is 0 Å². The minimum Gasteiger partial charge on any atom is -0.381 e. The lowest BCUT2D eigenvalue weighted by Crippen LogP contribution is -2.25. The standard InChI is InChI=1S/C10H13BrN2O2/c1-7-9(11)10(14)13(6-12-7)4-8-2-3-15-5-8/h6,8H,2-5H2,1H3. The van der Waals surface area contributed by atoms with E-state index in [0.717, 1.165) is 25.3 Å². The molecule has 0 radical (unpaired) electrons. The highest BCUT2D eigenvalue weighted by molar-refractivity contribution is 9.10. The quantitative estimate of drug-likeness (QED) is 0.817. The summed E-state index contributed by atoms with van der Waals surface area (Å²) in [6.45, 7) is 4.07. The molecular formula is C10H13BrN2O2. The molecule has 2 heterocycles. The van der Waals surface area contributed by atoms with Crippen LogP contribution in [0.3, 0.4) is 0 Å². The second-order valence-electron chi connectivity index (χ2n) is 3.83. The van der Waals surface area contributed by atoms with Gasteiger partial charge in [0, 0.05) is 19.1 Å². The van der Waals surface area contributed by atoms with E-state index in [1.807, 2.05) is 6.92 Å². The highest BCUT2D eigenvalue weighted by Gasteiger charge is 2.17. The smallest absolute Gasteiger partial charge is 0.267 e. The number of halogens is 1. The molecule has 1 atom stereocenters. The Bertz CT molecular complexity index is 410. The first-order valence-corrected chi connectivity index (χ1v) is 5.77. The van der Waals surface area contributed by atoms with Gasteiger partial charge in [-0.1, -0.05) is 0 Å². The largest absolute Gasteiger partial charge is 0.381 e. The van der Waals surface area contributed by atoms with Crippen molar-refractivity contribution in [1.82, 2.24) is 9.55 Å². The van der Waals surface area contributed by atoms with E-state index < -0.39 is 0 Å². The van der Waals surface area contributed by atoms with E-state index in [0.29, 0.717) is 16.9 Å².